The molecule has 0 bridgehead atoms. The lowest BCUT2D eigenvalue weighted by Gasteiger charge is -2.36. The van der Waals surface area contributed by atoms with Crippen molar-refractivity contribution < 1.29 is 13.6 Å². The number of aryl methyl sites for hydroxylation is 1. The van der Waals surface area contributed by atoms with Crippen LogP contribution in [0, 0.1) is 17.1 Å². The molecule has 1 N–H and O–H groups in total. The molecule has 1 atom stereocenters. The number of nitriles is 1. The number of carbonyl (C=O) groups is 1. The van der Waals surface area contributed by atoms with Crippen molar-refractivity contribution in [1.29, 1.82) is 5.26 Å². The highest BCUT2D eigenvalue weighted by Gasteiger charge is 2.29. The summed E-state index contributed by atoms with van der Waals surface area (Å²) < 4.78 is 19.8. The van der Waals surface area contributed by atoms with Gasteiger partial charge in [-0.25, -0.2) is 9.18 Å². The molecule has 2 aromatic carbocycles. The number of anilines is 1. The van der Waals surface area contributed by atoms with Gasteiger partial charge in [0.1, 0.15) is 11.6 Å². The van der Waals surface area contributed by atoms with E-state index in [-0.39, 0.29) is 42.4 Å². The highest BCUT2D eigenvalue weighted by molar-refractivity contribution is 6.35. The minimum absolute atomic E-state index is 0.0969. The summed E-state index contributed by atoms with van der Waals surface area (Å²) in [5.41, 5.74) is 1.32. The van der Waals surface area contributed by atoms with Gasteiger partial charge in [0.05, 0.1) is 29.7 Å². The summed E-state index contributed by atoms with van der Waals surface area (Å²) in [6, 6.07) is 9.44. The van der Waals surface area contributed by atoms with Crippen LogP contribution in [0.15, 0.2) is 39.5 Å². The summed E-state index contributed by atoms with van der Waals surface area (Å²) in [4.78, 5) is 26.8. The third-order valence-electron chi connectivity index (χ3n) is 5.82. The second kappa shape index (κ2) is 9.42. The second-order valence-electron chi connectivity index (χ2n) is 7.90. The highest BCUT2D eigenvalue weighted by Crippen LogP contribution is 2.37. The summed E-state index contributed by atoms with van der Waals surface area (Å²) in [5.74, 6) is -0.525. The van der Waals surface area contributed by atoms with E-state index in [0.29, 0.717) is 34.2 Å². The molecule has 1 aliphatic rings. The van der Waals surface area contributed by atoms with Gasteiger partial charge in [0.25, 0.3) is 0 Å². The molecule has 1 unspecified atom stereocenters. The van der Waals surface area contributed by atoms with Crippen LogP contribution in [0.1, 0.15) is 36.3 Å². The van der Waals surface area contributed by atoms with Crippen LogP contribution in [0.5, 0.6) is 0 Å². The predicted molar refractivity (Wildman–Crippen MR) is 125 cm³/mol. The molecule has 0 radical (unpaired) electrons. The lowest BCUT2D eigenvalue weighted by molar-refractivity contribution is -0.131. The number of hydrogen-bond donors (Lipinski definition) is 1. The zero-order valence-electron chi connectivity index (χ0n) is 17.8. The van der Waals surface area contributed by atoms with E-state index < -0.39 is 11.4 Å². The molecule has 170 valence electrons. The monoisotopic (exact) mass is 487 g/mol. The molecule has 0 fully saturated rings. The van der Waals surface area contributed by atoms with Gasteiger partial charge in [0.15, 0.2) is 0 Å². The predicted octanol–water partition coefficient (Wildman–Crippen LogP) is 5.25. The maximum absolute atomic E-state index is 14.6. The van der Waals surface area contributed by atoms with Gasteiger partial charge in [0, 0.05) is 29.4 Å². The smallest absolute Gasteiger partial charge is 0.343 e. The maximum Gasteiger partial charge on any atom is 0.343 e. The molecule has 2 heterocycles. The highest BCUT2D eigenvalue weighted by atomic mass is 35.5. The Labute approximate surface area is 199 Å². The molecule has 3 aromatic rings. The van der Waals surface area contributed by atoms with Gasteiger partial charge < -0.3 is 14.6 Å². The molecular weight excluding hydrogens is 468 g/mol. The summed E-state index contributed by atoms with van der Waals surface area (Å²) >= 11 is 12.5. The average molecular weight is 488 g/mol. The first-order valence-corrected chi connectivity index (χ1v) is 11.2. The number of fused-ring (bicyclic) bond motifs is 2. The van der Waals surface area contributed by atoms with E-state index in [9.17, 15) is 14.0 Å². The molecule has 0 spiro atoms. The van der Waals surface area contributed by atoms with Gasteiger partial charge in [-0.1, -0.05) is 23.2 Å². The summed E-state index contributed by atoms with van der Waals surface area (Å²) in [5, 5.41) is 13.2. The third kappa shape index (κ3) is 4.68. The van der Waals surface area contributed by atoms with Crippen molar-refractivity contribution in [1.82, 2.24) is 4.90 Å². The molecule has 33 heavy (non-hydrogen) atoms. The Bertz CT molecular complexity index is 1350. The minimum atomic E-state index is -0.667. The van der Waals surface area contributed by atoms with E-state index in [4.69, 9.17) is 32.9 Å². The normalized spacial score (nSPS) is 15.2. The first-order valence-electron chi connectivity index (χ1n) is 10.4. The number of rotatable bonds is 5. The molecule has 9 heteroatoms. The fraction of sp³-hybridized carbons (Fsp3) is 0.292. The Morgan fingerprint density at radius 1 is 1.30 bits per heavy atom. The van der Waals surface area contributed by atoms with Gasteiger partial charge in [-0.05, 0) is 60.2 Å². The van der Waals surface area contributed by atoms with Gasteiger partial charge >= 0.3 is 5.63 Å². The van der Waals surface area contributed by atoms with Crippen molar-refractivity contribution in [3.63, 3.8) is 0 Å². The van der Waals surface area contributed by atoms with E-state index in [1.807, 2.05) is 19.1 Å². The van der Waals surface area contributed by atoms with E-state index in [2.05, 4.69) is 5.32 Å². The van der Waals surface area contributed by atoms with Crippen LogP contribution in [0.25, 0.3) is 10.8 Å². The molecule has 1 aromatic heterocycles. The van der Waals surface area contributed by atoms with E-state index in [1.54, 1.807) is 17.0 Å². The number of carbonyl (C=O) groups excluding carboxylic acids is 1. The first-order chi connectivity index (χ1) is 15.8. The summed E-state index contributed by atoms with van der Waals surface area (Å²) in [7, 11) is 0. The second-order valence-corrected chi connectivity index (χ2v) is 8.75. The topological polar surface area (TPSA) is 86.3 Å². The zero-order chi connectivity index (χ0) is 23.7. The largest absolute Gasteiger partial charge is 0.427 e. The van der Waals surface area contributed by atoms with Gasteiger partial charge in [-0.2, -0.15) is 5.26 Å². The Balaban J connectivity index is 1.53. The lowest BCUT2D eigenvalue weighted by Crippen LogP contribution is -2.42. The van der Waals surface area contributed by atoms with Crippen molar-refractivity contribution in [3.8, 4) is 6.07 Å². The van der Waals surface area contributed by atoms with Crippen LogP contribution in [0.4, 0.5) is 10.1 Å². The van der Waals surface area contributed by atoms with Crippen LogP contribution in [-0.2, 0) is 17.6 Å². The Kier molecular flexibility index (Phi) is 6.59. The fourth-order valence-electron chi connectivity index (χ4n) is 4.22. The first kappa shape index (κ1) is 23.1. The summed E-state index contributed by atoms with van der Waals surface area (Å²) in [6.07, 6.45) is 1.10. The van der Waals surface area contributed by atoms with Crippen molar-refractivity contribution in [3.05, 3.63) is 73.5 Å². The summed E-state index contributed by atoms with van der Waals surface area (Å²) in [6.45, 7) is 2.26. The van der Waals surface area contributed by atoms with Crippen molar-refractivity contribution in [2.45, 2.75) is 32.2 Å². The Morgan fingerprint density at radius 2 is 2.09 bits per heavy atom. The van der Waals surface area contributed by atoms with E-state index >= 15 is 0 Å². The fourth-order valence-corrected chi connectivity index (χ4v) is 4.91. The molecule has 0 aliphatic carbocycles. The number of amides is 1. The van der Waals surface area contributed by atoms with E-state index in [0.717, 1.165) is 17.2 Å². The van der Waals surface area contributed by atoms with Crippen molar-refractivity contribution in [2.24, 2.45) is 0 Å². The number of nitrogens with one attached hydrogen (secondary N) is 1. The minimum Gasteiger partial charge on any atom is -0.427 e. The number of halogens is 3. The van der Waals surface area contributed by atoms with Crippen LogP contribution in [0.2, 0.25) is 10.0 Å². The quantitative estimate of drug-likeness (QED) is 0.530. The molecule has 6 nitrogen and oxygen atoms in total. The SMILES string of the molecule is CC1c2c(Cl)cc(Cl)cc2CCN1C(=O)CNc1cc2cc(CCC#N)oc(=O)c2cc1F. The van der Waals surface area contributed by atoms with Gasteiger partial charge in [-0.15, -0.1) is 0 Å². The molecule has 4 rings (SSSR count). The van der Waals surface area contributed by atoms with Crippen LogP contribution < -0.4 is 10.9 Å². The Hall–Kier alpha value is -3.08. The van der Waals surface area contributed by atoms with Crippen LogP contribution in [0.3, 0.4) is 0 Å². The molecular formula is C24H20Cl2FN3O3. The Morgan fingerprint density at radius 3 is 2.85 bits per heavy atom. The van der Waals surface area contributed by atoms with Crippen LogP contribution >= 0.6 is 23.2 Å². The average Bonchev–Trinajstić information content (AvgIpc) is 2.76. The van der Waals surface area contributed by atoms with Crippen molar-refractivity contribution in [2.75, 3.05) is 18.4 Å². The van der Waals surface area contributed by atoms with Crippen molar-refractivity contribution >= 4 is 45.6 Å². The van der Waals surface area contributed by atoms with Gasteiger partial charge in [0.2, 0.25) is 5.91 Å². The molecule has 0 saturated heterocycles. The van der Waals surface area contributed by atoms with E-state index in [1.165, 1.54) is 6.07 Å². The maximum atomic E-state index is 14.6. The van der Waals surface area contributed by atoms with Crippen LogP contribution in [-0.4, -0.2) is 23.9 Å². The van der Waals surface area contributed by atoms with Gasteiger partial charge in [-0.3, -0.25) is 4.79 Å². The zero-order valence-corrected chi connectivity index (χ0v) is 19.3. The number of hydrogen-bond acceptors (Lipinski definition) is 5. The number of benzene rings is 2. The molecule has 1 amide bonds. The molecule has 1 aliphatic heterocycles. The third-order valence-corrected chi connectivity index (χ3v) is 6.35. The molecule has 0 saturated carbocycles. The lowest BCUT2D eigenvalue weighted by atomic mass is 9.93. The number of nitrogens with zero attached hydrogens (tertiary/aromatic N) is 2. The standard InChI is InChI=1S/C24H20Cl2FN3O3/c1-13-23-14(7-16(25)10-19(23)26)4-6-30(13)22(31)12-29-21-9-15-8-17(3-2-5-28)33-24(32)18(15)11-20(21)27/h7-11,13,29H,2-4,6,12H2,1H3.